The van der Waals surface area contributed by atoms with Gasteiger partial charge in [-0.1, -0.05) is 29.8 Å². The van der Waals surface area contributed by atoms with Gasteiger partial charge in [-0.05, 0) is 60.2 Å². The Kier molecular flexibility index (Phi) is 7.25. The lowest BCUT2D eigenvalue weighted by molar-refractivity contribution is -0.148. The molecule has 0 unspecified atom stereocenters. The monoisotopic (exact) mass is 461 g/mol. The van der Waals surface area contributed by atoms with Crippen LogP contribution in [-0.2, 0) is 20.9 Å². The third-order valence-electron chi connectivity index (χ3n) is 4.55. The van der Waals surface area contributed by atoms with Crippen molar-refractivity contribution in [2.75, 3.05) is 14.2 Å². The van der Waals surface area contributed by atoms with Crippen LogP contribution in [0, 0.1) is 0 Å². The first-order chi connectivity index (χ1) is 14.8. The molecule has 2 aromatic carbocycles. The molecule has 1 heterocycles. The van der Waals surface area contributed by atoms with Gasteiger partial charge >= 0.3 is 5.97 Å². The minimum absolute atomic E-state index is 0.206. The van der Waals surface area contributed by atoms with Crippen molar-refractivity contribution in [1.82, 2.24) is 4.90 Å². The van der Waals surface area contributed by atoms with Crippen LogP contribution in [0.25, 0.3) is 6.08 Å². The Morgan fingerprint density at radius 2 is 1.84 bits per heavy atom. The second-order valence-corrected chi connectivity index (χ2v) is 8.01. The van der Waals surface area contributed by atoms with E-state index in [1.165, 1.54) is 21.1 Å². The summed E-state index contributed by atoms with van der Waals surface area (Å²) >= 11 is 6.66. The number of hydrogen-bond acceptors (Lipinski definition) is 7. The number of ether oxygens (including phenoxy) is 3. The molecule has 3 rings (SSSR count). The number of amides is 2. The van der Waals surface area contributed by atoms with E-state index < -0.39 is 23.2 Å². The molecule has 7 nitrogen and oxygen atoms in total. The van der Waals surface area contributed by atoms with Crippen molar-refractivity contribution in [3.63, 3.8) is 0 Å². The minimum atomic E-state index is -0.999. The van der Waals surface area contributed by atoms with E-state index in [2.05, 4.69) is 4.74 Å². The number of hydrogen-bond donors (Lipinski definition) is 0. The summed E-state index contributed by atoms with van der Waals surface area (Å²) in [5, 5.41) is 0.125. The Morgan fingerprint density at radius 3 is 2.48 bits per heavy atom. The van der Waals surface area contributed by atoms with Gasteiger partial charge in [0.15, 0.2) is 11.5 Å². The van der Waals surface area contributed by atoms with Crippen molar-refractivity contribution in [2.24, 2.45) is 0 Å². The molecule has 0 spiro atoms. The number of esters is 1. The van der Waals surface area contributed by atoms with Gasteiger partial charge in [0.2, 0.25) is 0 Å². The molecule has 1 aliphatic heterocycles. The zero-order chi connectivity index (χ0) is 22.5. The number of benzene rings is 2. The van der Waals surface area contributed by atoms with Crippen LogP contribution in [0.2, 0.25) is 5.02 Å². The maximum absolute atomic E-state index is 12.6. The highest BCUT2D eigenvalue weighted by atomic mass is 35.5. The summed E-state index contributed by atoms with van der Waals surface area (Å²) < 4.78 is 15.9. The Labute approximate surface area is 188 Å². The van der Waals surface area contributed by atoms with E-state index in [0.29, 0.717) is 28.7 Å². The Bertz CT molecular complexity index is 1040. The predicted octanol–water partition coefficient (Wildman–Crippen LogP) is 4.53. The highest BCUT2D eigenvalue weighted by molar-refractivity contribution is 8.18. The van der Waals surface area contributed by atoms with Gasteiger partial charge in [-0.2, -0.15) is 0 Å². The van der Waals surface area contributed by atoms with Crippen molar-refractivity contribution in [2.45, 2.75) is 19.6 Å². The van der Waals surface area contributed by atoms with E-state index in [0.717, 1.165) is 22.2 Å². The number of halogens is 1. The molecule has 0 radical (unpaired) electrons. The molecule has 0 saturated carbocycles. The van der Waals surface area contributed by atoms with Gasteiger partial charge in [-0.15, -0.1) is 0 Å². The first-order valence-electron chi connectivity index (χ1n) is 9.24. The van der Waals surface area contributed by atoms with Gasteiger partial charge in [-0.25, -0.2) is 4.79 Å². The van der Waals surface area contributed by atoms with Crippen LogP contribution in [-0.4, -0.2) is 42.3 Å². The van der Waals surface area contributed by atoms with E-state index in [9.17, 15) is 14.4 Å². The lowest BCUT2D eigenvalue weighted by Gasteiger charge is -2.18. The van der Waals surface area contributed by atoms with Crippen molar-refractivity contribution in [3.8, 4) is 11.5 Å². The molecule has 2 aromatic rings. The molecule has 9 heteroatoms. The summed E-state index contributed by atoms with van der Waals surface area (Å²) in [6.07, 6.45) is 1.57. The fraction of sp³-hybridized carbons (Fsp3) is 0.227. The van der Waals surface area contributed by atoms with Gasteiger partial charge in [0.1, 0.15) is 12.6 Å². The third kappa shape index (κ3) is 5.21. The van der Waals surface area contributed by atoms with Crippen LogP contribution in [0.4, 0.5) is 4.79 Å². The summed E-state index contributed by atoms with van der Waals surface area (Å²) in [4.78, 5) is 37.7. The van der Waals surface area contributed by atoms with Gasteiger partial charge in [-0.3, -0.25) is 14.5 Å². The normalized spacial score (nSPS) is 15.9. The molecule has 0 aromatic heterocycles. The summed E-state index contributed by atoms with van der Waals surface area (Å²) in [5.74, 6) is -0.200. The Hall–Kier alpha value is -2.97. The lowest BCUT2D eigenvalue weighted by atomic mass is 10.1. The quantitative estimate of drug-likeness (QED) is 0.442. The first kappa shape index (κ1) is 22.7. The molecule has 1 saturated heterocycles. The number of imide groups is 1. The maximum atomic E-state index is 12.6. The summed E-state index contributed by atoms with van der Waals surface area (Å²) in [6, 6.07) is 11.5. The van der Waals surface area contributed by atoms with Crippen LogP contribution >= 0.6 is 23.4 Å². The highest BCUT2D eigenvalue weighted by Gasteiger charge is 2.41. The predicted molar refractivity (Wildman–Crippen MR) is 118 cm³/mol. The largest absolute Gasteiger partial charge is 0.493 e. The molecule has 0 N–H and O–H groups in total. The standard InChI is InChI=1S/C22H20ClNO6S/c1-13(21(26)29-3)24-20(25)19(31-22(24)27)11-15-6-9-17(18(10-15)28-2)30-12-14-4-7-16(23)8-5-14/h4-11,13H,12H2,1-3H3/b19-11+/t13-/m1/s1. The van der Waals surface area contributed by atoms with Crippen molar-refractivity contribution in [1.29, 1.82) is 0 Å². The van der Waals surface area contributed by atoms with E-state index in [1.54, 1.807) is 36.4 Å². The summed E-state index contributed by atoms with van der Waals surface area (Å²) in [6.45, 7) is 1.78. The number of carbonyl (C=O) groups excluding carboxylic acids is 3. The van der Waals surface area contributed by atoms with Crippen LogP contribution < -0.4 is 9.47 Å². The van der Waals surface area contributed by atoms with E-state index in [-0.39, 0.29) is 4.91 Å². The van der Waals surface area contributed by atoms with Crippen LogP contribution in [0.15, 0.2) is 47.4 Å². The SMILES string of the molecule is COC(=O)[C@@H](C)N1C(=O)S/C(=C/c2ccc(OCc3ccc(Cl)cc3)c(OC)c2)C1=O. The molecule has 0 bridgehead atoms. The number of carbonyl (C=O) groups is 3. The van der Waals surface area contributed by atoms with E-state index in [1.807, 2.05) is 12.1 Å². The molecule has 1 atom stereocenters. The van der Waals surface area contributed by atoms with Crippen LogP contribution in [0.1, 0.15) is 18.1 Å². The fourth-order valence-corrected chi connectivity index (χ4v) is 3.91. The molecule has 1 aliphatic rings. The number of methoxy groups -OCH3 is 2. The van der Waals surface area contributed by atoms with Crippen molar-refractivity contribution in [3.05, 3.63) is 63.5 Å². The Morgan fingerprint density at radius 1 is 1.13 bits per heavy atom. The molecular formula is C22H20ClNO6S. The number of thioether (sulfide) groups is 1. The number of nitrogens with zero attached hydrogens (tertiary/aromatic N) is 1. The topological polar surface area (TPSA) is 82.1 Å². The fourth-order valence-electron chi connectivity index (χ4n) is 2.88. The molecule has 2 amide bonds. The Balaban J connectivity index is 1.76. The highest BCUT2D eigenvalue weighted by Crippen LogP contribution is 2.35. The van der Waals surface area contributed by atoms with Gasteiger partial charge in [0.25, 0.3) is 11.1 Å². The molecule has 162 valence electrons. The average Bonchev–Trinajstić information content (AvgIpc) is 3.05. The van der Waals surface area contributed by atoms with Gasteiger partial charge in [0.05, 0.1) is 19.1 Å². The lowest BCUT2D eigenvalue weighted by Crippen LogP contribution is -2.42. The minimum Gasteiger partial charge on any atom is -0.493 e. The van der Waals surface area contributed by atoms with Gasteiger partial charge < -0.3 is 14.2 Å². The van der Waals surface area contributed by atoms with Crippen LogP contribution in [0.5, 0.6) is 11.5 Å². The smallest absolute Gasteiger partial charge is 0.328 e. The summed E-state index contributed by atoms with van der Waals surface area (Å²) in [7, 11) is 2.72. The average molecular weight is 462 g/mol. The van der Waals surface area contributed by atoms with E-state index >= 15 is 0 Å². The third-order valence-corrected chi connectivity index (χ3v) is 5.68. The van der Waals surface area contributed by atoms with Crippen molar-refractivity contribution >= 4 is 46.6 Å². The van der Waals surface area contributed by atoms with E-state index in [4.69, 9.17) is 21.1 Å². The van der Waals surface area contributed by atoms with Crippen molar-refractivity contribution < 1.29 is 28.6 Å². The molecule has 0 aliphatic carbocycles. The molecule has 1 fully saturated rings. The molecule has 31 heavy (non-hydrogen) atoms. The number of rotatable bonds is 7. The summed E-state index contributed by atoms with van der Waals surface area (Å²) in [5.41, 5.74) is 1.59. The van der Waals surface area contributed by atoms with Gasteiger partial charge in [0, 0.05) is 5.02 Å². The molecular weight excluding hydrogens is 442 g/mol. The van der Waals surface area contributed by atoms with Crippen LogP contribution in [0.3, 0.4) is 0 Å². The second kappa shape index (κ2) is 9.89. The zero-order valence-electron chi connectivity index (χ0n) is 17.1. The zero-order valence-corrected chi connectivity index (χ0v) is 18.7. The first-order valence-corrected chi connectivity index (χ1v) is 10.4. The maximum Gasteiger partial charge on any atom is 0.328 e. The second-order valence-electron chi connectivity index (χ2n) is 6.58.